The molecule has 0 amide bonds. The minimum Gasteiger partial charge on any atom is -0.392 e. The summed E-state index contributed by atoms with van der Waals surface area (Å²) in [5.74, 6) is 5.64. The van der Waals surface area contributed by atoms with Crippen LogP contribution in [0.5, 0.6) is 0 Å². The number of rotatable bonds is 2. The van der Waals surface area contributed by atoms with Crippen molar-refractivity contribution in [3.63, 3.8) is 0 Å². The van der Waals surface area contributed by atoms with Gasteiger partial charge in [-0.1, -0.05) is 20.8 Å². The summed E-state index contributed by atoms with van der Waals surface area (Å²) >= 11 is 0. The summed E-state index contributed by atoms with van der Waals surface area (Å²) in [6.45, 7) is 8.16. The molecular formula is C10H18O. The minimum atomic E-state index is -0.262. The highest BCUT2D eigenvalue weighted by atomic mass is 16.3. The topological polar surface area (TPSA) is 20.2 Å². The van der Waals surface area contributed by atoms with Crippen LogP contribution in [-0.4, -0.2) is 11.2 Å². The molecule has 0 aromatic rings. The molecule has 1 unspecified atom stereocenters. The Labute approximate surface area is 69.8 Å². The van der Waals surface area contributed by atoms with Crippen molar-refractivity contribution in [2.24, 2.45) is 5.41 Å². The van der Waals surface area contributed by atoms with E-state index in [1.807, 2.05) is 0 Å². The number of aliphatic hydroxyl groups is 1. The molecule has 0 rings (SSSR count). The van der Waals surface area contributed by atoms with Crippen LogP contribution < -0.4 is 0 Å². The third kappa shape index (κ3) is 7.42. The van der Waals surface area contributed by atoms with Crippen molar-refractivity contribution in [2.75, 3.05) is 0 Å². The van der Waals surface area contributed by atoms with E-state index in [9.17, 15) is 5.11 Å². The fourth-order valence-electron chi connectivity index (χ4n) is 0.999. The summed E-state index contributed by atoms with van der Waals surface area (Å²) in [5.41, 5.74) is 0.203. The standard InChI is InChI=1S/C10H18O/c1-5-6-7-9(11)8-10(2,3)4/h9,11H,7-8H2,1-4H3. The molecule has 0 aromatic heterocycles. The molecule has 0 saturated heterocycles. The van der Waals surface area contributed by atoms with Gasteiger partial charge in [-0.15, -0.1) is 11.8 Å². The van der Waals surface area contributed by atoms with Gasteiger partial charge in [-0.2, -0.15) is 0 Å². The Morgan fingerprint density at radius 3 is 2.27 bits per heavy atom. The van der Waals surface area contributed by atoms with Gasteiger partial charge in [0.05, 0.1) is 6.10 Å². The zero-order valence-corrected chi connectivity index (χ0v) is 7.94. The van der Waals surface area contributed by atoms with E-state index in [-0.39, 0.29) is 11.5 Å². The van der Waals surface area contributed by atoms with Crippen LogP contribution in [0.15, 0.2) is 0 Å². The Morgan fingerprint density at radius 2 is 1.91 bits per heavy atom. The molecule has 0 aromatic carbocycles. The predicted octanol–water partition coefficient (Wildman–Crippen LogP) is 2.20. The first-order valence-electron chi connectivity index (χ1n) is 4.03. The Bertz CT molecular complexity index is 154. The number of hydrogen-bond acceptors (Lipinski definition) is 1. The quantitative estimate of drug-likeness (QED) is 0.604. The number of aliphatic hydroxyl groups excluding tert-OH is 1. The van der Waals surface area contributed by atoms with E-state index in [1.165, 1.54) is 0 Å². The van der Waals surface area contributed by atoms with Crippen molar-refractivity contribution in [3.05, 3.63) is 0 Å². The summed E-state index contributed by atoms with van der Waals surface area (Å²) in [6, 6.07) is 0. The van der Waals surface area contributed by atoms with Crippen LogP contribution in [0, 0.1) is 17.3 Å². The molecule has 0 aliphatic heterocycles. The second-order valence-electron chi connectivity index (χ2n) is 4.05. The molecular weight excluding hydrogens is 136 g/mol. The molecule has 1 N–H and O–H groups in total. The summed E-state index contributed by atoms with van der Waals surface area (Å²) in [4.78, 5) is 0. The van der Waals surface area contributed by atoms with Crippen LogP contribution in [0.25, 0.3) is 0 Å². The average molecular weight is 154 g/mol. The van der Waals surface area contributed by atoms with E-state index in [2.05, 4.69) is 32.6 Å². The van der Waals surface area contributed by atoms with Gasteiger partial charge in [0.25, 0.3) is 0 Å². The van der Waals surface area contributed by atoms with Gasteiger partial charge in [-0.25, -0.2) is 0 Å². The minimum absolute atomic E-state index is 0.203. The first-order valence-corrected chi connectivity index (χ1v) is 4.03. The molecule has 0 spiro atoms. The van der Waals surface area contributed by atoms with Crippen LogP contribution in [-0.2, 0) is 0 Å². The molecule has 1 heteroatoms. The van der Waals surface area contributed by atoms with Crippen molar-refractivity contribution >= 4 is 0 Å². The van der Waals surface area contributed by atoms with Crippen molar-refractivity contribution in [2.45, 2.75) is 46.6 Å². The molecule has 1 nitrogen and oxygen atoms in total. The summed E-state index contributed by atoms with van der Waals surface area (Å²) < 4.78 is 0. The molecule has 0 aliphatic rings. The molecule has 11 heavy (non-hydrogen) atoms. The summed E-state index contributed by atoms with van der Waals surface area (Å²) in [5, 5.41) is 9.41. The maximum Gasteiger partial charge on any atom is 0.0654 e. The van der Waals surface area contributed by atoms with Gasteiger partial charge >= 0.3 is 0 Å². The third-order valence-electron chi connectivity index (χ3n) is 1.36. The van der Waals surface area contributed by atoms with Gasteiger partial charge in [-0.05, 0) is 18.8 Å². The highest BCUT2D eigenvalue weighted by Crippen LogP contribution is 2.21. The van der Waals surface area contributed by atoms with Crippen LogP contribution in [0.2, 0.25) is 0 Å². The van der Waals surface area contributed by atoms with E-state index in [1.54, 1.807) is 6.92 Å². The largest absolute Gasteiger partial charge is 0.392 e. The molecule has 64 valence electrons. The van der Waals surface area contributed by atoms with Crippen LogP contribution in [0.4, 0.5) is 0 Å². The molecule has 0 radical (unpaired) electrons. The lowest BCUT2D eigenvalue weighted by Crippen LogP contribution is -2.16. The zero-order chi connectivity index (χ0) is 8.91. The smallest absolute Gasteiger partial charge is 0.0654 e. The maximum absolute atomic E-state index is 9.41. The van der Waals surface area contributed by atoms with Gasteiger partial charge in [0, 0.05) is 6.42 Å². The zero-order valence-electron chi connectivity index (χ0n) is 7.94. The second-order valence-corrected chi connectivity index (χ2v) is 4.05. The Kier molecular flexibility index (Phi) is 4.22. The molecule has 0 saturated carbocycles. The van der Waals surface area contributed by atoms with Crippen LogP contribution in [0.3, 0.4) is 0 Å². The molecule has 0 fully saturated rings. The third-order valence-corrected chi connectivity index (χ3v) is 1.36. The monoisotopic (exact) mass is 154 g/mol. The molecule has 1 atom stereocenters. The normalized spacial score (nSPS) is 13.5. The SMILES string of the molecule is CC#CCC(O)CC(C)(C)C. The average Bonchev–Trinajstić information content (AvgIpc) is 1.79. The summed E-state index contributed by atoms with van der Waals surface area (Å²) in [6.07, 6.45) is 1.16. The van der Waals surface area contributed by atoms with Crippen LogP contribution in [0.1, 0.15) is 40.5 Å². The van der Waals surface area contributed by atoms with E-state index >= 15 is 0 Å². The van der Waals surface area contributed by atoms with E-state index < -0.39 is 0 Å². The highest BCUT2D eigenvalue weighted by Gasteiger charge is 2.15. The van der Waals surface area contributed by atoms with Gasteiger partial charge < -0.3 is 5.11 Å². The summed E-state index contributed by atoms with van der Waals surface area (Å²) in [7, 11) is 0. The lowest BCUT2D eigenvalue weighted by molar-refractivity contribution is 0.126. The van der Waals surface area contributed by atoms with Crippen molar-refractivity contribution in [1.82, 2.24) is 0 Å². The van der Waals surface area contributed by atoms with E-state index in [0.29, 0.717) is 6.42 Å². The molecule has 0 aliphatic carbocycles. The maximum atomic E-state index is 9.41. The lowest BCUT2D eigenvalue weighted by Gasteiger charge is -2.20. The van der Waals surface area contributed by atoms with Gasteiger partial charge in [0.1, 0.15) is 0 Å². The van der Waals surface area contributed by atoms with Gasteiger partial charge in [0.2, 0.25) is 0 Å². The number of hydrogen-bond donors (Lipinski definition) is 1. The highest BCUT2D eigenvalue weighted by molar-refractivity contribution is 4.97. The Morgan fingerprint density at radius 1 is 1.36 bits per heavy atom. The van der Waals surface area contributed by atoms with E-state index in [0.717, 1.165) is 6.42 Å². The second kappa shape index (κ2) is 4.41. The fraction of sp³-hybridized carbons (Fsp3) is 0.800. The Hall–Kier alpha value is -0.480. The lowest BCUT2D eigenvalue weighted by atomic mass is 9.88. The van der Waals surface area contributed by atoms with Crippen molar-refractivity contribution in [3.8, 4) is 11.8 Å². The fourth-order valence-corrected chi connectivity index (χ4v) is 0.999. The van der Waals surface area contributed by atoms with Crippen LogP contribution >= 0.6 is 0 Å². The van der Waals surface area contributed by atoms with Gasteiger partial charge in [0.15, 0.2) is 0 Å². The van der Waals surface area contributed by atoms with E-state index in [4.69, 9.17) is 0 Å². The van der Waals surface area contributed by atoms with Crippen molar-refractivity contribution in [1.29, 1.82) is 0 Å². The predicted molar refractivity (Wildman–Crippen MR) is 48.1 cm³/mol. The molecule has 0 heterocycles. The van der Waals surface area contributed by atoms with Crippen molar-refractivity contribution < 1.29 is 5.11 Å². The first kappa shape index (κ1) is 10.5. The first-order chi connectivity index (χ1) is 4.95. The van der Waals surface area contributed by atoms with Gasteiger partial charge in [-0.3, -0.25) is 0 Å². The molecule has 0 bridgehead atoms. The Balaban J connectivity index is 3.66.